The molecule has 0 spiro atoms. The van der Waals surface area contributed by atoms with E-state index >= 15 is 4.39 Å². The summed E-state index contributed by atoms with van der Waals surface area (Å²) in [7, 11) is 3.04. The van der Waals surface area contributed by atoms with Crippen molar-refractivity contribution in [3.05, 3.63) is 106 Å². The molecule has 0 saturated carbocycles. The fourth-order valence-electron chi connectivity index (χ4n) is 5.02. The van der Waals surface area contributed by atoms with Crippen molar-refractivity contribution in [2.75, 3.05) is 14.2 Å². The van der Waals surface area contributed by atoms with Gasteiger partial charge in [-0.2, -0.15) is 0 Å². The second-order valence-corrected chi connectivity index (χ2v) is 10.8. The van der Waals surface area contributed by atoms with Gasteiger partial charge in [-0.05, 0) is 62.7 Å². The number of hydrogen-bond donors (Lipinski definition) is 1. The van der Waals surface area contributed by atoms with Crippen molar-refractivity contribution >= 4 is 16.7 Å². The molecule has 3 aromatic carbocycles. The number of benzene rings is 3. The maximum atomic E-state index is 15.3. The summed E-state index contributed by atoms with van der Waals surface area (Å²) in [5.74, 6) is 0.155. The summed E-state index contributed by atoms with van der Waals surface area (Å²) in [5, 5.41) is 11.1. The van der Waals surface area contributed by atoms with Crippen molar-refractivity contribution in [1.82, 2.24) is 14.3 Å². The summed E-state index contributed by atoms with van der Waals surface area (Å²) < 4.78 is 34.9. The highest BCUT2D eigenvalue weighted by Crippen LogP contribution is 2.37. The Morgan fingerprint density at radius 3 is 2.30 bits per heavy atom. The lowest BCUT2D eigenvalue weighted by Crippen LogP contribution is -2.32. The van der Waals surface area contributed by atoms with Crippen molar-refractivity contribution in [1.29, 1.82) is 0 Å². The van der Waals surface area contributed by atoms with E-state index in [0.717, 1.165) is 0 Å². The Balaban J connectivity index is 1.44. The van der Waals surface area contributed by atoms with Gasteiger partial charge in [-0.15, -0.1) is 0 Å². The van der Waals surface area contributed by atoms with Crippen LogP contribution in [0.5, 0.6) is 23.0 Å². The highest BCUT2D eigenvalue weighted by atomic mass is 19.1. The fourth-order valence-corrected chi connectivity index (χ4v) is 5.02. The third-order valence-corrected chi connectivity index (χ3v) is 7.00. The predicted molar refractivity (Wildman–Crippen MR) is 160 cm³/mol. The molecule has 0 aliphatic heterocycles. The Kier molecular flexibility index (Phi) is 8.06. The van der Waals surface area contributed by atoms with Crippen molar-refractivity contribution in [3.63, 3.8) is 0 Å². The minimum atomic E-state index is -1.15. The molecule has 2 heterocycles. The number of fused-ring (bicyclic) bond motifs is 1. The van der Waals surface area contributed by atoms with E-state index in [2.05, 4.69) is 4.98 Å². The summed E-state index contributed by atoms with van der Waals surface area (Å²) >= 11 is 0. The van der Waals surface area contributed by atoms with Gasteiger partial charge < -0.3 is 19.3 Å². The van der Waals surface area contributed by atoms with Crippen LogP contribution in [0.15, 0.2) is 77.7 Å². The molecule has 2 aromatic heterocycles. The average molecular weight is 586 g/mol. The van der Waals surface area contributed by atoms with Crippen LogP contribution in [0.4, 0.5) is 4.39 Å². The molecule has 5 rings (SSSR count). The lowest BCUT2D eigenvalue weighted by molar-refractivity contribution is 0.0546. The smallest absolute Gasteiger partial charge is 0.282 e. The number of ketones is 1. The van der Waals surface area contributed by atoms with E-state index in [1.54, 1.807) is 80.2 Å². The third kappa shape index (κ3) is 6.00. The maximum absolute atomic E-state index is 15.3. The number of nitrogens with zero attached hydrogens (tertiary/aromatic N) is 3. The monoisotopic (exact) mass is 585 g/mol. The Hall–Kier alpha value is -4.96. The summed E-state index contributed by atoms with van der Waals surface area (Å²) in [6.07, 6.45) is 1.34. The first-order valence-corrected chi connectivity index (χ1v) is 13.6. The van der Waals surface area contributed by atoms with Gasteiger partial charge in [-0.25, -0.2) is 9.07 Å². The molecule has 0 saturated heterocycles. The van der Waals surface area contributed by atoms with Crippen LogP contribution in [0.2, 0.25) is 0 Å². The van der Waals surface area contributed by atoms with E-state index in [1.807, 2.05) is 6.07 Å². The van der Waals surface area contributed by atoms with E-state index in [-0.39, 0.29) is 24.3 Å². The molecule has 0 fully saturated rings. The summed E-state index contributed by atoms with van der Waals surface area (Å²) in [4.78, 5) is 31.4. The summed E-state index contributed by atoms with van der Waals surface area (Å²) in [5.41, 5.74) is 0.260. The first-order chi connectivity index (χ1) is 20.5. The molecule has 0 aliphatic carbocycles. The number of halogens is 1. The minimum Gasteiger partial charge on any atom is -0.493 e. The number of hydrogen-bond acceptors (Lipinski definition) is 7. The van der Waals surface area contributed by atoms with Gasteiger partial charge in [-0.1, -0.05) is 24.3 Å². The molecule has 0 bridgehead atoms. The van der Waals surface area contributed by atoms with Crippen LogP contribution in [-0.4, -0.2) is 45.1 Å². The zero-order chi connectivity index (χ0) is 30.9. The SMILES string of the molecule is COc1cc2nccc(Oc3ccc(CC(=O)c4c(C)n(CC(C)(C)O)n(-c5ccccc5)c4=O)cc3F)c2cc1OC. The molecule has 0 amide bonds. The number of para-hydroxylation sites is 1. The van der Waals surface area contributed by atoms with Gasteiger partial charge >= 0.3 is 0 Å². The molecule has 222 valence electrons. The number of aliphatic hydroxyl groups is 1. The van der Waals surface area contributed by atoms with Crippen LogP contribution in [0.1, 0.15) is 35.5 Å². The fraction of sp³-hybridized carbons (Fsp3) is 0.242. The Morgan fingerprint density at radius 1 is 0.953 bits per heavy atom. The second kappa shape index (κ2) is 11.7. The van der Waals surface area contributed by atoms with Gasteiger partial charge in [0.2, 0.25) is 0 Å². The summed E-state index contributed by atoms with van der Waals surface area (Å²) in [6, 6.07) is 18.2. The maximum Gasteiger partial charge on any atom is 0.282 e. The number of carbonyl (C=O) groups is 1. The predicted octanol–water partition coefficient (Wildman–Crippen LogP) is 5.64. The van der Waals surface area contributed by atoms with Gasteiger partial charge in [0.1, 0.15) is 11.3 Å². The number of Topliss-reactive ketones (excluding diaryl/α,β-unsaturated/α-hetero) is 1. The summed E-state index contributed by atoms with van der Waals surface area (Å²) in [6.45, 7) is 5.00. The zero-order valence-corrected chi connectivity index (χ0v) is 24.6. The highest BCUT2D eigenvalue weighted by Gasteiger charge is 2.27. The molecule has 43 heavy (non-hydrogen) atoms. The van der Waals surface area contributed by atoms with Gasteiger partial charge in [-0.3, -0.25) is 19.3 Å². The van der Waals surface area contributed by atoms with Crippen LogP contribution in [0.25, 0.3) is 16.6 Å². The van der Waals surface area contributed by atoms with Gasteiger partial charge in [0, 0.05) is 29.8 Å². The number of ether oxygens (including phenoxy) is 3. The van der Waals surface area contributed by atoms with Crippen molar-refractivity contribution < 1.29 is 28.5 Å². The van der Waals surface area contributed by atoms with Crippen LogP contribution < -0.4 is 19.8 Å². The normalized spacial score (nSPS) is 11.5. The van der Waals surface area contributed by atoms with Crippen LogP contribution >= 0.6 is 0 Å². The van der Waals surface area contributed by atoms with E-state index in [9.17, 15) is 14.7 Å². The lowest BCUT2D eigenvalue weighted by Gasteiger charge is -2.22. The van der Waals surface area contributed by atoms with E-state index in [0.29, 0.717) is 45.1 Å². The molecular weight excluding hydrogens is 553 g/mol. The number of carbonyl (C=O) groups excluding carboxylic acids is 1. The molecule has 0 unspecified atom stereocenters. The third-order valence-electron chi connectivity index (χ3n) is 7.00. The topological polar surface area (TPSA) is 105 Å². The highest BCUT2D eigenvalue weighted by molar-refractivity contribution is 5.98. The van der Waals surface area contributed by atoms with E-state index in [1.165, 1.54) is 31.0 Å². The molecule has 5 aromatic rings. The van der Waals surface area contributed by atoms with Gasteiger partial charge in [0.15, 0.2) is 28.8 Å². The number of pyridine rings is 1. The Bertz CT molecular complexity index is 1870. The van der Waals surface area contributed by atoms with Gasteiger partial charge in [0.05, 0.1) is 37.6 Å². The quantitative estimate of drug-likeness (QED) is 0.212. The standard InChI is InChI=1S/C33H32FN3O6/c1-20-31(32(39)37(22-9-7-6-8-10-22)36(20)19-33(2,3)40)26(38)16-21-11-12-28(24(34)15-21)43-27-13-14-35-25-18-30(42-5)29(41-4)17-23(25)27/h6-15,17-18,40H,16,19H2,1-5H3. The molecular formula is C33H32FN3O6. The molecule has 9 nitrogen and oxygen atoms in total. The molecule has 0 aliphatic rings. The van der Waals surface area contributed by atoms with Crippen molar-refractivity contribution in [2.24, 2.45) is 0 Å². The average Bonchev–Trinajstić information content (AvgIpc) is 3.21. The molecule has 10 heteroatoms. The van der Waals surface area contributed by atoms with E-state index < -0.39 is 22.8 Å². The first-order valence-electron chi connectivity index (χ1n) is 13.6. The molecule has 0 atom stereocenters. The minimum absolute atomic E-state index is 0.0125. The number of rotatable bonds is 10. The largest absolute Gasteiger partial charge is 0.493 e. The van der Waals surface area contributed by atoms with Gasteiger partial charge in [0.25, 0.3) is 5.56 Å². The zero-order valence-electron chi connectivity index (χ0n) is 24.6. The van der Waals surface area contributed by atoms with Crippen molar-refractivity contribution in [2.45, 2.75) is 39.3 Å². The van der Waals surface area contributed by atoms with Crippen molar-refractivity contribution in [3.8, 4) is 28.7 Å². The second-order valence-electron chi connectivity index (χ2n) is 10.8. The molecule has 0 radical (unpaired) electrons. The Labute approximate surface area is 247 Å². The Morgan fingerprint density at radius 2 is 1.65 bits per heavy atom. The van der Waals surface area contributed by atoms with Crippen LogP contribution in [0, 0.1) is 12.7 Å². The number of methoxy groups -OCH3 is 2. The molecule has 1 N–H and O–H groups in total. The van der Waals surface area contributed by atoms with Crippen LogP contribution in [-0.2, 0) is 13.0 Å². The number of aromatic nitrogens is 3. The van der Waals surface area contributed by atoms with E-state index in [4.69, 9.17) is 14.2 Å². The first kappa shape index (κ1) is 29.5. The van der Waals surface area contributed by atoms with Crippen LogP contribution in [0.3, 0.4) is 0 Å². The lowest BCUT2D eigenvalue weighted by atomic mass is 10.0.